The van der Waals surface area contributed by atoms with Gasteiger partial charge in [0, 0.05) is 16.5 Å². The second kappa shape index (κ2) is 6.14. The Balaban J connectivity index is 2.05. The highest BCUT2D eigenvalue weighted by Crippen LogP contribution is 2.34. The maximum absolute atomic E-state index is 12.7. The molecular formula is C15H10ClF2NO2S2. The van der Waals surface area contributed by atoms with Crippen molar-refractivity contribution in [2.45, 2.75) is 16.9 Å². The van der Waals surface area contributed by atoms with E-state index in [1.165, 1.54) is 22.8 Å². The third-order valence-corrected chi connectivity index (χ3v) is 5.42. The molecule has 0 aliphatic rings. The standard InChI is InChI=1S/C15H10ClF2NO2S2/c1-7-2-8-3-12(20)10(16)5-11(8)19(7)14(21)9-4-13(22-6-9)23-15(17)18/h2-6,15,20H,1H3. The van der Waals surface area contributed by atoms with E-state index in [0.717, 1.165) is 11.3 Å². The average Bonchev–Trinajstić information content (AvgIpc) is 3.02. The number of thioether (sulfide) groups is 1. The van der Waals surface area contributed by atoms with Gasteiger partial charge in [-0.1, -0.05) is 11.6 Å². The maximum Gasteiger partial charge on any atom is 0.289 e. The molecule has 0 spiro atoms. The van der Waals surface area contributed by atoms with Crippen LogP contribution in [-0.2, 0) is 0 Å². The smallest absolute Gasteiger partial charge is 0.289 e. The fourth-order valence-corrected chi connectivity index (χ4v) is 4.05. The fourth-order valence-electron chi connectivity index (χ4n) is 2.33. The average molecular weight is 374 g/mol. The van der Waals surface area contributed by atoms with E-state index in [4.69, 9.17) is 11.6 Å². The number of halogens is 3. The lowest BCUT2D eigenvalue weighted by Gasteiger charge is -2.06. The first-order valence-corrected chi connectivity index (χ1v) is 8.59. The van der Waals surface area contributed by atoms with Gasteiger partial charge in [0.15, 0.2) is 0 Å². The van der Waals surface area contributed by atoms with E-state index in [9.17, 15) is 18.7 Å². The van der Waals surface area contributed by atoms with Gasteiger partial charge in [-0.05, 0) is 43.0 Å². The number of fused-ring (bicyclic) bond motifs is 1. The minimum atomic E-state index is -2.52. The Morgan fingerprint density at radius 2 is 2.09 bits per heavy atom. The summed E-state index contributed by atoms with van der Waals surface area (Å²) in [6, 6.07) is 6.21. The molecule has 3 nitrogen and oxygen atoms in total. The van der Waals surface area contributed by atoms with Gasteiger partial charge in [0.1, 0.15) is 5.75 Å². The van der Waals surface area contributed by atoms with Crippen molar-refractivity contribution in [1.82, 2.24) is 4.57 Å². The number of carbonyl (C=O) groups excluding carboxylic acids is 1. The number of nitrogens with zero attached hydrogens (tertiary/aromatic N) is 1. The fraction of sp³-hybridized carbons (Fsp3) is 0.133. The zero-order valence-electron chi connectivity index (χ0n) is 11.7. The van der Waals surface area contributed by atoms with Gasteiger partial charge in [-0.25, -0.2) is 0 Å². The zero-order chi connectivity index (χ0) is 16.7. The normalized spacial score (nSPS) is 11.5. The van der Waals surface area contributed by atoms with Crippen molar-refractivity contribution < 1.29 is 18.7 Å². The summed E-state index contributed by atoms with van der Waals surface area (Å²) >= 11 is 7.44. The quantitative estimate of drug-likeness (QED) is 0.627. The van der Waals surface area contributed by atoms with Crippen LogP contribution in [0.15, 0.2) is 33.9 Å². The summed E-state index contributed by atoms with van der Waals surface area (Å²) in [5.41, 5.74) is 1.56. The highest BCUT2D eigenvalue weighted by Gasteiger charge is 2.18. The van der Waals surface area contributed by atoms with Gasteiger partial charge in [0.05, 0.1) is 20.3 Å². The predicted molar refractivity (Wildman–Crippen MR) is 89.3 cm³/mol. The van der Waals surface area contributed by atoms with Gasteiger partial charge in [0.25, 0.3) is 11.7 Å². The summed E-state index contributed by atoms with van der Waals surface area (Å²) in [4.78, 5) is 12.7. The number of rotatable bonds is 3. The summed E-state index contributed by atoms with van der Waals surface area (Å²) in [6.45, 7) is 1.75. The molecular weight excluding hydrogens is 364 g/mol. The molecule has 2 heterocycles. The molecule has 1 N–H and O–H groups in total. The molecule has 0 radical (unpaired) electrons. The molecule has 23 heavy (non-hydrogen) atoms. The van der Waals surface area contributed by atoms with Crippen LogP contribution < -0.4 is 0 Å². The summed E-state index contributed by atoms with van der Waals surface area (Å²) in [6.07, 6.45) is 0. The summed E-state index contributed by atoms with van der Waals surface area (Å²) in [5, 5.41) is 12.0. The topological polar surface area (TPSA) is 42.2 Å². The van der Waals surface area contributed by atoms with Gasteiger partial charge >= 0.3 is 0 Å². The number of aromatic nitrogens is 1. The van der Waals surface area contributed by atoms with Crippen molar-refractivity contribution in [2.24, 2.45) is 0 Å². The van der Waals surface area contributed by atoms with Gasteiger partial charge in [-0.3, -0.25) is 9.36 Å². The molecule has 0 unspecified atom stereocenters. The second-order valence-electron chi connectivity index (χ2n) is 4.82. The Kier molecular flexibility index (Phi) is 4.35. The Labute approximate surface area is 143 Å². The van der Waals surface area contributed by atoms with E-state index >= 15 is 0 Å². The maximum atomic E-state index is 12.7. The van der Waals surface area contributed by atoms with E-state index in [2.05, 4.69) is 0 Å². The molecule has 2 aromatic heterocycles. The molecule has 0 saturated heterocycles. The first-order chi connectivity index (χ1) is 10.9. The SMILES string of the molecule is Cc1cc2cc(O)c(Cl)cc2n1C(=O)c1csc(SC(F)F)c1. The monoisotopic (exact) mass is 373 g/mol. The molecule has 120 valence electrons. The molecule has 8 heteroatoms. The predicted octanol–water partition coefficient (Wildman–Crippen LogP) is 5.37. The Morgan fingerprint density at radius 1 is 1.35 bits per heavy atom. The highest BCUT2D eigenvalue weighted by atomic mass is 35.5. The molecule has 0 saturated carbocycles. The van der Waals surface area contributed by atoms with Crippen LogP contribution in [0.5, 0.6) is 5.75 Å². The van der Waals surface area contributed by atoms with Gasteiger partial charge < -0.3 is 5.11 Å². The van der Waals surface area contributed by atoms with E-state index < -0.39 is 5.76 Å². The molecule has 3 aromatic rings. The number of carbonyl (C=O) groups is 1. The van der Waals surface area contributed by atoms with Crippen molar-refractivity contribution in [2.75, 3.05) is 0 Å². The molecule has 3 rings (SSSR count). The van der Waals surface area contributed by atoms with Crippen molar-refractivity contribution >= 4 is 51.5 Å². The largest absolute Gasteiger partial charge is 0.506 e. The highest BCUT2D eigenvalue weighted by molar-refractivity contribution is 8.01. The zero-order valence-corrected chi connectivity index (χ0v) is 14.1. The second-order valence-corrected chi connectivity index (χ2v) is 7.43. The molecule has 1 aromatic carbocycles. The molecule has 0 fully saturated rings. The molecule has 0 amide bonds. The summed E-state index contributed by atoms with van der Waals surface area (Å²) in [7, 11) is 0. The number of alkyl halides is 2. The van der Waals surface area contributed by atoms with Crippen LogP contribution in [0.2, 0.25) is 5.02 Å². The lowest BCUT2D eigenvalue weighted by Crippen LogP contribution is -2.12. The van der Waals surface area contributed by atoms with Gasteiger partial charge in [0.2, 0.25) is 0 Å². The lowest BCUT2D eigenvalue weighted by molar-refractivity contribution is 0.0963. The van der Waals surface area contributed by atoms with E-state index in [-0.39, 0.29) is 16.7 Å². The van der Waals surface area contributed by atoms with Crippen LogP contribution in [0.4, 0.5) is 8.78 Å². The molecule has 0 aliphatic carbocycles. The number of phenolic OH excluding ortho intramolecular Hbond substituents is 1. The minimum Gasteiger partial charge on any atom is -0.506 e. The van der Waals surface area contributed by atoms with Crippen LogP contribution in [-0.4, -0.2) is 21.3 Å². The van der Waals surface area contributed by atoms with E-state index in [0.29, 0.717) is 38.1 Å². The Morgan fingerprint density at radius 3 is 2.78 bits per heavy atom. The number of thiophene rings is 1. The summed E-state index contributed by atoms with van der Waals surface area (Å²) < 4.78 is 26.6. The third kappa shape index (κ3) is 3.08. The van der Waals surface area contributed by atoms with Crippen LogP contribution in [0.1, 0.15) is 16.1 Å². The van der Waals surface area contributed by atoms with E-state index in [1.54, 1.807) is 18.4 Å². The first-order valence-electron chi connectivity index (χ1n) is 6.45. The number of aryl methyl sites for hydroxylation is 1. The molecule has 0 atom stereocenters. The first kappa shape index (κ1) is 16.3. The number of benzene rings is 1. The van der Waals surface area contributed by atoms with Crippen LogP contribution >= 0.6 is 34.7 Å². The number of phenols is 1. The number of aromatic hydroxyl groups is 1. The van der Waals surface area contributed by atoms with Crippen LogP contribution in [0.3, 0.4) is 0 Å². The van der Waals surface area contributed by atoms with Gasteiger partial charge in [-0.2, -0.15) is 8.78 Å². The molecule has 0 bridgehead atoms. The van der Waals surface area contributed by atoms with Crippen molar-refractivity contribution in [1.29, 1.82) is 0 Å². The number of hydrogen-bond donors (Lipinski definition) is 1. The Hall–Kier alpha value is -1.57. The minimum absolute atomic E-state index is 0.0603. The Bertz CT molecular complexity index is 904. The lowest BCUT2D eigenvalue weighted by atomic mass is 10.2. The third-order valence-electron chi connectivity index (χ3n) is 3.28. The van der Waals surface area contributed by atoms with Crippen LogP contribution in [0, 0.1) is 6.92 Å². The van der Waals surface area contributed by atoms with Crippen molar-refractivity contribution in [3.8, 4) is 5.75 Å². The molecule has 0 aliphatic heterocycles. The van der Waals surface area contributed by atoms with Crippen LogP contribution in [0.25, 0.3) is 10.9 Å². The van der Waals surface area contributed by atoms with Crippen molar-refractivity contribution in [3.05, 3.63) is 45.9 Å². The summed E-state index contributed by atoms with van der Waals surface area (Å²) in [5.74, 6) is -2.90. The number of hydrogen-bond acceptors (Lipinski definition) is 4. The van der Waals surface area contributed by atoms with E-state index in [1.807, 2.05) is 0 Å². The van der Waals surface area contributed by atoms with Crippen molar-refractivity contribution in [3.63, 3.8) is 0 Å². The van der Waals surface area contributed by atoms with Gasteiger partial charge in [-0.15, -0.1) is 11.3 Å².